The maximum absolute atomic E-state index is 13.3. The summed E-state index contributed by atoms with van der Waals surface area (Å²) in [7, 11) is 0. The molecular formula is C30H26FNO5. The Kier molecular flexibility index (Phi) is 6.79. The van der Waals surface area contributed by atoms with Crippen molar-refractivity contribution >= 4 is 11.8 Å². The summed E-state index contributed by atoms with van der Waals surface area (Å²) < 4.78 is 19.0. The largest absolute Gasteiger partial charge is 0.508 e. The van der Waals surface area contributed by atoms with Crippen molar-refractivity contribution < 1.29 is 29.2 Å². The first-order valence-electron chi connectivity index (χ1n) is 12.0. The fraction of sp³-hybridized carbons (Fsp3) is 0.167. The molecule has 37 heavy (non-hydrogen) atoms. The molecule has 0 bridgehead atoms. The van der Waals surface area contributed by atoms with E-state index in [2.05, 4.69) is 0 Å². The van der Waals surface area contributed by atoms with Crippen molar-refractivity contribution in [2.45, 2.75) is 31.1 Å². The molecule has 3 atom stereocenters. The van der Waals surface area contributed by atoms with E-state index < -0.39 is 24.3 Å². The number of para-hydroxylation sites is 1. The third-order valence-electron chi connectivity index (χ3n) is 6.62. The Balaban J connectivity index is 1.46. The van der Waals surface area contributed by atoms with E-state index in [9.17, 15) is 24.5 Å². The Morgan fingerprint density at radius 2 is 1.59 bits per heavy atom. The van der Waals surface area contributed by atoms with Crippen molar-refractivity contribution in [1.29, 1.82) is 0 Å². The molecule has 3 unspecified atom stereocenters. The third-order valence-corrected chi connectivity index (χ3v) is 6.62. The number of hydrogen-bond donors (Lipinski definition) is 3. The Morgan fingerprint density at radius 3 is 2.30 bits per heavy atom. The van der Waals surface area contributed by atoms with E-state index in [1.54, 1.807) is 42.5 Å². The number of aromatic hydroxyl groups is 2. The predicted octanol–water partition coefficient (Wildman–Crippen LogP) is 6.48. The Labute approximate surface area is 213 Å². The van der Waals surface area contributed by atoms with Gasteiger partial charge in [0.05, 0.1) is 6.10 Å². The summed E-state index contributed by atoms with van der Waals surface area (Å²) in [5, 5.41) is 31.6. The molecule has 0 aliphatic carbocycles. The van der Waals surface area contributed by atoms with Gasteiger partial charge in [-0.3, -0.25) is 4.90 Å². The van der Waals surface area contributed by atoms with Crippen molar-refractivity contribution in [3.05, 3.63) is 114 Å². The second kappa shape index (κ2) is 10.3. The molecule has 5 rings (SSSR count). The zero-order valence-electron chi connectivity index (χ0n) is 19.9. The van der Waals surface area contributed by atoms with Crippen LogP contribution in [0.1, 0.15) is 36.1 Å². The van der Waals surface area contributed by atoms with E-state index in [-0.39, 0.29) is 23.7 Å². The first kappa shape index (κ1) is 24.3. The maximum atomic E-state index is 13.3. The Morgan fingerprint density at radius 1 is 0.865 bits per heavy atom. The predicted molar refractivity (Wildman–Crippen MR) is 138 cm³/mol. The van der Waals surface area contributed by atoms with Crippen LogP contribution in [-0.4, -0.2) is 27.5 Å². The van der Waals surface area contributed by atoms with Gasteiger partial charge in [-0.1, -0.05) is 54.6 Å². The van der Waals surface area contributed by atoms with Gasteiger partial charge in [0.25, 0.3) is 0 Å². The van der Waals surface area contributed by atoms with E-state index in [1.807, 2.05) is 30.3 Å². The quantitative estimate of drug-likeness (QED) is 0.271. The van der Waals surface area contributed by atoms with Crippen molar-refractivity contribution in [1.82, 2.24) is 0 Å². The number of cyclic esters (lactones) is 1. The minimum Gasteiger partial charge on any atom is -0.508 e. The van der Waals surface area contributed by atoms with E-state index in [4.69, 9.17) is 4.74 Å². The number of hydrogen-bond acceptors (Lipinski definition) is 5. The van der Waals surface area contributed by atoms with E-state index in [0.717, 1.165) is 5.56 Å². The number of nitrogens with zero attached hydrogens (tertiary/aromatic N) is 1. The summed E-state index contributed by atoms with van der Waals surface area (Å²) >= 11 is 0. The number of amides is 1. The highest BCUT2D eigenvalue weighted by Gasteiger charge is 2.44. The SMILES string of the molecule is O=C1OC(CCC(O)c2ccc(F)cc2)C(c2ccc(-c3cccc(O)c3)cc2O)N1c1ccccc1. The monoisotopic (exact) mass is 499 g/mol. The van der Waals surface area contributed by atoms with Crippen molar-refractivity contribution in [3.8, 4) is 22.6 Å². The van der Waals surface area contributed by atoms with Crippen LogP contribution in [0.25, 0.3) is 11.1 Å². The second-order valence-electron chi connectivity index (χ2n) is 9.04. The number of phenolic OH excluding ortho intramolecular Hbond substituents is 2. The number of phenols is 2. The number of aliphatic hydroxyl groups is 1. The van der Waals surface area contributed by atoms with Gasteiger partial charge < -0.3 is 20.1 Å². The highest BCUT2D eigenvalue weighted by molar-refractivity contribution is 5.91. The van der Waals surface area contributed by atoms with Crippen molar-refractivity contribution in [3.63, 3.8) is 0 Å². The molecule has 1 saturated heterocycles. The molecule has 1 heterocycles. The minimum atomic E-state index is -0.868. The highest BCUT2D eigenvalue weighted by atomic mass is 19.1. The van der Waals surface area contributed by atoms with Crippen LogP contribution in [0.4, 0.5) is 14.9 Å². The molecule has 188 valence electrons. The summed E-state index contributed by atoms with van der Waals surface area (Å²) in [5.74, 6) is -0.288. The summed E-state index contributed by atoms with van der Waals surface area (Å²) in [4.78, 5) is 14.6. The van der Waals surface area contributed by atoms with Gasteiger partial charge in [-0.05, 0) is 72.0 Å². The number of carbonyl (C=O) groups excluding carboxylic acids is 1. The van der Waals surface area contributed by atoms with Gasteiger partial charge in [0, 0.05) is 11.3 Å². The molecule has 1 aliphatic heterocycles. The number of anilines is 1. The molecule has 0 spiro atoms. The molecule has 1 fully saturated rings. The lowest BCUT2D eigenvalue weighted by Crippen LogP contribution is -2.29. The van der Waals surface area contributed by atoms with E-state index in [1.165, 1.54) is 29.2 Å². The fourth-order valence-electron chi connectivity index (χ4n) is 4.77. The van der Waals surface area contributed by atoms with Crippen molar-refractivity contribution in [2.24, 2.45) is 0 Å². The van der Waals surface area contributed by atoms with Crippen LogP contribution >= 0.6 is 0 Å². The lowest BCUT2D eigenvalue weighted by atomic mass is 9.92. The normalized spacial score (nSPS) is 18.0. The molecular weight excluding hydrogens is 473 g/mol. The van der Waals surface area contributed by atoms with Gasteiger partial charge in [-0.15, -0.1) is 0 Å². The Bertz CT molecular complexity index is 1390. The summed E-state index contributed by atoms with van der Waals surface area (Å²) in [5.41, 5.74) is 3.13. The summed E-state index contributed by atoms with van der Waals surface area (Å²) in [6.07, 6.45) is -1.49. The zero-order valence-corrected chi connectivity index (χ0v) is 19.9. The maximum Gasteiger partial charge on any atom is 0.415 e. The molecule has 1 aliphatic rings. The number of aliphatic hydroxyl groups excluding tert-OH is 1. The first-order valence-corrected chi connectivity index (χ1v) is 12.0. The van der Waals surface area contributed by atoms with Crippen LogP contribution in [0.5, 0.6) is 11.5 Å². The van der Waals surface area contributed by atoms with Gasteiger partial charge in [-0.2, -0.15) is 0 Å². The van der Waals surface area contributed by atoms with Crippen molar-refractivity contribution in [2.75, 3.05) is 4.90 Å². The standard InChI is InChI=1S/C30H26FNO5/c31-22-12-9-19(10-13-22)26(34)15-16-28-29(32(30(36)37-28)23-6-2-1-3-7-23)25-14-11-21(18-27(25)35)20-5-4-8-24(33)17-20/h1-14,17-18,26,28-29,33-35H,15-16H2. The zero-order chi connectivity index (χ0) is 25.9. The molecule has 3 N–H and O–H groups in total. The van der Waals surface area contributed by atoms with E-state index >= 15 is 0 Å². The average Bonchev–Trinajstić information content (AvgIpc) is 3.23. The summed E-state index contributed by atoms with van der Waals surface area (Å²) in [6, 6.07) is 25.9. The van der Waals surface area contributed by atoms with Crippen LogP contribution in [0, 0.1) is 5.82 Å². The van der Waals surface area contributed by atoms with Gasteiger partial charge in [0.1, 0.15) is 29.5 Å². The number of carbonyl (C=O) groups is 1. The first-order chi connectivity index (χ1) is 17.9. The molecule has 6 nitrogen and oxygen atoms in total. The molecule has 0 radical (unpaired) electrons. The lowest BCUT2D eigenvalue weighted by Gasteiger charge is -2.26. The summed E-state index contributed by atoms with van der Waals surface area (Å²) in [6.45, 7) is 0. The Hall–Kier alpha value is -4.36. The van der Waals surface area contributed by atoms with Gasteiger partial charge in [0.2, 0.25) is 0 Å². The van der Waals surface area contributed by atoms with Crippen LogP contribution in [0.15, 0.2) is 97.1 Å². The van der Waals surface area contributed by atoms with Crippen LogP contribution in [0.3, 0.4) is 0 Å². The molecule has 7 heteroatoms. The van der Waals surface area contributed by atoms with E-state index in [0.29, 0.717) is 28.8 Å². The molecule has 4 aromatic rings. The second-order valence-corrected chi connectivity index (χ2v) is 9.04. The van der Waals surface area contributed by atoms with Gasteiger partial charge >= 0.3 is 6.09 Å². The number of benzene rings is 4. The van der Waals surface area contributed by atoms with Crippen LogP contribution in [-0.2, 0) is 4.74 Å². The smallest absolute Gasteiger partial charge is 0.415 e. The lowest BCUT2D eigenvalue weighted by molar-refractivity contribution is 0.100. The number of rotatable bonds is 7. The molecule has 4 aromatic carbocycles. The van der Waals surface area contributed by atoms with Gasteiger partial charge in [0.15, 0.2) is 0 Å². The third kappa shape index (κ3) is 5.13. The molecule has 1 amide bonds. The van der Waals surface area contributed by atoms with Crippen LogP contribution in [0.2, 0.25) is 0 Å². The average molecular weight is 500 g/mol. The minimum absolute atomic E-state index is 0.0193. The molecule has 0 saturated carbocycles. The highest BCUT2D eigenvalue weighted by Crippen LogP contribution is 2.43. The number of halogens is 1. The van der Waals surface area contributed by atoms with Gasteiger partial charge in [-0.25, -0.2) is 9.18 Å². The van der Waals surface area contributed by atoms with Crippen LogP contribution < -0.4 is 4.90 Å². The fourth-order valence-corrected chi connectivity index (χ4v) is 4.77. The number of ether oxygens (including phenoxy) is 1. The molecule has 0 aromatic heterocycles. The topological polar surface area (TPSA) is 90.2 Å².